The fourth-order valence-electron chi connectivity index (χ4n) is 1.17. The molecule has 1 aromatic carbocycles. The van der Waals surface area contributed by atoms with Crippen molar-refractivity contribution >= 4 is 11.8 Å². The zero-order chi connectivity index (χ0) is 9.84. The molecule has 2 N–H and O–H groups in total. The number of thioether (sulfide) groups is 1. The van der Waals surface area contributed by atoms with Crippen LogP contribution < -0.4 is 5.73 Å². The third-order valence-electron chi connectivity index (χ3n) is 1.96. The summed E-state index contributed by atoms with van der Waals surface area (Å²) in [6.07, 6.45) is 2.01. The van der Waals surface area contributed by atoms with E-state index >= 15 is 0 Å². The van der Waals surface area contributed by atoms with Gasteiger partial charge in [0.2, 0.25) is 0 Å². The van der Waals surface area contributed by atoms with E-state index in [1.165, 1.54) is 6.07 Å². The average Bonchev–Trinajstić information content (AvgIpc) is 2.10. The highest BCUT2D eigenvalue weighted by Gasteiger charge is 2.06. The maximum atomic E-state index is 12.9. The molecule has 0 radical (unpaired) electrons. The van der Waals surface area contributed by atoms with Crippen LogP contribution in [-0.2, 0) is 0 Å². The molecule has 3 heteroatoms. The van der Waals surface area contributed by atoms with E-state index in [1.54, 1.807) is 24.8 Å². The number of benzene rings is 1. The van der Waals surface area contributed by atoms with Crippen molar-refractivity contribution in [3.05, 3.63) is 35.1 Å². The summed E-state index contributed by atoms with van der Waals surface area (Å²) in [4.78, 5) is 0. The molecule has 0 spiro atoms. The fraction of sp³-hybridized carbons (Fsp3) is 0.400. The Morgan fingerprint density at radius 1 is 1.54 bits per heavy atom. The number of hydrogen-bond acceptors (Lipinski definition) is 2. The van der Waals surface area contributed by atoms with Crippen LogP contribution in [0.15, 0.2) is 18.2 Å². The Hall–Kier alpha value is -0.540. The summed E-state index contributed by atoms with van der Waals surface area (Å²) in [6, 6.07) is 5.05. The van der Waals surface area contributed by atoms with Crippen LogP contribution in [-0.4, -0.2) is 12.0 Å². The van der Waals surface area contributed by atoms with Gasteiger partial charge in [-0.15, -0.1) is 0 Å². The zero-order valence-electron chi connectivity index (χ0n) is 7.88. The van der Waals surface area contributed by atoms with Gasteiger partial charge >= 0.3 is 0 Å². The topological polar surface area (TPSA) is 26.0 Å². The third kappa shape index (κ3) is 2.71. The van der Waals surface area contributed by atoms with Crippen LogP contribution in [0.3, 0.4) is 0 Å². The van der Waals surface area contributed by atoms with Crippen molar-refractivity contribution in [3.8, 4) is 0 Å². The first-order valence-corrected chi connectivity index (χ1v) is 5.55. The molecular formula is C10H14FNS. The molecule has 1 rings (SSSR count). The molecule has 0 heterocycles. The second-order valence-corrected chi connectivity index (χ2v) is 3.98. The van der Waals surface area contributed by atoms with E-state index in [9.17, 15) is 4.39 Å². The standard InChI is InChI=1S/C10H14FNS/c1-7-5-8(3-4-9(7)11)10(12)6-13-2/h3-5,10H,6,12H2,1-2H3. The lowest BCUT2D eigenvalue weighted by molar-refractivity contribution is 0.616. The molecule has 0 aromatic heterocycles. The van der Waals surface area contributed by atoms with Gasteiger partial charge in [-0.2, -0.15) is 11.8 Å². The summed E-state index contributed by atoms with van der Waals surface area (Å²) in [5.41, 5.74) is 7.55. The summed E-state index contributed by atoms with van der Waals surface area (Å²) in [7, 11) is 0. The van der Waals surface area contributed by atoms with Gasteiger partial charge in [-0.25, -0.2) is 4.39 Å². The summed E-state index contributed by atoms with van der Waals surface area (Å²) < 4.78 is 12.9. The van der Waals surface area contributed by atoms with Crippen molar-refractivity contribution in [2.24, 2.45) is 5.73 Å². The number of rotatable bonds is 3. The van der Waals surface area contributed by atoms with Gasteiger partial charge in [0.1, 0.15) is 5.82 Å². The van der Waals surface area contributed by atoms with Crippen LogP contribution in [0, 0.1) is 12.7 Å². The Bertz CT molecular complexity index is 288. The molecule has 0 fully saturated rings. The number of nitrogens with two attached hydrogens (primary N) is 1. The maximum Gasteiger partial charge on any atom is 0.126 e. The van der Waals surface area contributed by atoms with Gasteiger partial charge < -0.3 is 5.73 Å². The summed E-state index contributed by atoms with van der Waals surface area (Å²) in [5.74, 6) is 0.700. The lowest BCUT2D eigenvalue weighted by Gasteiger charge is -2.11. The van der Waals surface area contributed by atoms with Gasteiger partial charge in [0.05, 0.1) is 0 Å². The zero-order valence-corrected chi connectivity index (χ0v) is 8.70. The van der Waals surface area contributed by atoms with E-state index < -0.39 is 0 Å². The molecule has 0 aliphatic heterocycles. The predicted octanol–water partition coefficient (Wildman–Crippen LogP) is 2.50. The first kappa shape index (κ1) is 10.5. The quantitative estimate of drug-likeness (QED) is 0.809. The second-order valence-electron chi connectivity index (χ2n) is 3.07. The fourth-order valence-corrected chi connectivity index (χ4v) is 1.73. The molecule has 13 heavy (non-hydrogen) atoms. The molecule has 0 saturated carbocycles. The smallest absolute Gasteiger partial charge is 0.126 e. The Balaban J connectivity index is 2.84. The molecule has 1 atom stereocenters. The van der Waals surface area contributed by atoms with Crippen LogP contribution in [0.25, 0.3) is 0 Å². The highest BCUT2D eigenvalue weighted by Crippen LogP contribution is 2.17. The van der Waals surface area contributed by atoms with Crippen molar-refractivity contribution in [3.63, 3.8) is 0 Å². The first-order valence-electron chi connectivity index (χ1n) is 4.15. The van der Waals surface area contributed by atoms with Gasteiger partial charge in [0, 0.05) is 11.8 Å². The number of aryl methyl sites for hydroxylation is 1. The molecule has 0 aliphatic carbocycles. The average molecular weight is 199 g/mol. The second kappa shape index (κ2) is 4.63. The Morgan fingerprint density at radius 3 is 2.77 bits per heavy atom. The minimum absolute atomic E-state index is 0.00861. The van der Waals surface area contributed by atoms with Crippen LogP contribution in [0.2, 0.25) is 0 Å². The highest BCUT2D eigenvalue weighted by molar-refractivity contribution is 7.98. The van der Waals surface area contributed by atoms with Crippen LogP contribution in [0.5, 0.6) is 0 Å². The van der Waals surface area contributed by atoms with Gasteiger partial charge in [0.15, 0.2) is 0 Å². The van der Waals surface area contributed by atoms with Crippen molar-refractivity contribution in [1.29, 1.82) is 0 Å². The highest BCUT2D eigenvalue weighted by atomic mass is 32.2. The van der Waals surface area contributed by atoms with Crippen molar-refractivity contribution in [2.75, 3.05) is 12.0 Å². The van der Waals surface area contributed by atoms with E-state index in [1.807, 2.05) is 12.3 Å². The SMILES string of the molecule is CSCC(N)c1ccc(F)c(C)c1. The molecular weight excluding hydrogens is 185 g/mol. The largest absolute Gasteiger partial charge is 0.323 e. The van der Waals surface area contributed by atoms with E-state index in [0.717, 1.165) is 11.3 Å². The minimum atomic E-state index is -0.167. The summed E-state index contributed by atoms with van der Waals surface area (Å²) in [5, 5.41) is 0. The van der Waals surface area contributed by atoms with E-state index in [0.29, 0.717) is 5.56 Å². The number of hydrogen-bond donors (Lipinski definition) is 1. The molecule has 0 aliphatic rings. The Kier molecular flexibility index (Phi) is 3.75. The maximum absolute atomic E-state index is 12.9. The minimum Gasteiger partial charge on any atom is -0.323 e. The molecule has 1 unspecified atom stereocenters. The Labute approximate surface area is 82.5 Å². The van der Waals surface area contributed by atoms with Gasteiger partial charge in [-0.1, -0.05) is 12.1 Å². The normalized spacial score (nSPS) is 12.9. The van der Waals surface area contributed by atoms with Crippen molar-refractivity contribution < 1.29 is 4.39 Å². The monoisotopic (exact) mass is 199 g/mol. The van der Waals surface area contributed by atoms with Crippen LogP contribution in [0.1, 0.15) is 17.2 Å². The van der Waals surface area contributed by atoms with E-state index in [4.69, 9.17) is 5.73 Å². The third-order valence-corrected chi connectivity index (χ3v) is 2.65. The predicted molar refractivity (Wildman–Crippen MR) is 56.4 cm³/mol. The molecule has 0 amide bonds. The lowest BCUT2D eigenvalue weighted by atomic mass is 10.1. The molecule has 0 bridgehead atoms. The lowest BCUT2D eigenvalue weighted by Crippen LogP contribution is -2.13. The van der Waals surface area contributed by atoms with Crippen molar-refractivity contribution in [2.45, 2.75) is 13.0 Å². The molecule has 1 nitrogen and oxygen atoms in total. The van der Waals surface area contributed by atoms with Gasteiger partial charge in [-0.3, -0.25) is 0 Å². The first-order chi connectivity index (χ1) is 6.15. The van der Waals surface area contributed by atoms with Gasteiger partial charge in [-0.05, 0) is 30.4 Å². The summed E-state index contributed by atoms with van der Waals surface area (Å²) >= 11 is 1.70. The van der Waals surface area contributed by atoms with Crippen LogP contribution >= 0.6 is 11.8 Å². The molecule has 72 valence electrons. The summed E-state index contributed by atoms with van der Waals surface area (Å²) in [6.45, 7) is 1.75. The van der Waals surface area contributed by atoms with E-state index in [-0.39, 0.29) is 11.9 Å². The molecule has 0 saturated heterocycles. The molecule has 1 aromatic rings. The Morgan fingerprint density at radius 2 is 2.23 bits per heavy atom. The van der Waals surface area contributed by atoms with E-state index in [2.05, 4.69) is 0 Å². The van der Waals surface area contributed by atoms with Crippen molar-refractivity contribution in [1.82, 2.24) is 0 Å². The van der Waals surface area contributed by atoms with Crippen LogP contribution in [0.4, 0.5) is 4.39 Å². The van der Waals surface area contributed by atoms with Gasteiger partial charge in [0.25, 0.3) is 0 Å². The number of halogens is 1.